The summed E-state index contributed by atoms with van der Waals surface area (Å²) in [5.41, 5.74) is 5.52. The molecular formula is C20H24N6. The van der Waals surface area contributed by atoms with Crippen molar-refractivity contribution in [3.63, 3.8) is 0 Å². The molecule has 0 amide bonds. The largest absolute Gasteiger partial charge is 0.367 e. The number of fused-ring (bicyclic) bond motifs is 1. The van der Waals surface area contributed by atoms with Crippen molar-refractivity contribution in [3.05, 3.63) is 59.0 Å². The summed E-state index contributed by atoms with van der Waals surface area (Å²) < 4.78 is 0. The van der Waals surface area contributed by atoms with Crippen molar-refractivity contribution in [3.8, 4) is 11.4 Å². The number of nitrogens with zero attached hydrogens (tertiary/aromatic N) is 3. The van der Waals surface area contributed by atoms with Gasteiger partial charge in [0.2, 0.25) is 0 Å². The lowest BCUT2D eigenvalue weighted by atomic mass is 10.1. The van der Waals surface area contributed by atoms with E-state index in [4.69, 9.17) is 9.97 Å². The van der Waals surface area contributed by atoms with Gasteiger partial charge in [-0.15, -0.1) is 0 Å². The van der Waals surface area contributed by atoms with Crippen LogP contribution in [0, 0.1) is 6.92 Å². The average molecular weight is 348 g/mol. The normalized spacial score (nSPS) is 14.7. The van der Waals surface area contributed by atoms with Crippen LogP contribution in [0.1, 0.15) is 29.6 Å². The van der Waals surface area contributed by atoms with Gasteiger partial charge in [-0.3, -0.25) is 5.10 Å². The van der Waals surface area contributed by atoms with Crippen LogP contribution >= 0.6 is 0 Å². The predicted molar refractivity (Wildman–Crippen MR) is 103 cm³/mol. The second-order valence-electron chi connectivity index (χ2n) is 6.91. The molecule has 26 heavy (non-hydrogen) atoms. The van der Waals surface area contributed by atoms with Crippen LogP contribution < -0.4 is 10.6 Å². The van der Waals surface area contributed by atoms with Crippen molar-refractivity contribution >= 4 is 5.82 Å². The van der Waals surface area contributed by atoms with E-state index in [1.807, 2.05) is 25.1 Å². The summed E-state index contributed by atoms with van der Waals surface area (Å²) in [5, 5.41) is 14.4. The Morgan fingerprint density at radius 3 is 2.81 bits per heavy atom. The van der Waals surface area contributed by atoms with Gasteiger partial charge in [0.25, 0.3) is 0 Å². The van der Waals surface area contributed by atoms with Gasteiger partial charge in [0.1, 0.15) is 5.82 Å². The maximum absolute atomic E-state index is 4.86. The highest BCUT2D eigenvalue weighted by atomic mass is 15.1. The molecule has 6 heteroatoms. The molecule has 0 fully saturated rings. The third kappa shape index (κ3) is 3.60. The maximum atomic E-state index is 4.86. The van der Waals surface area contributed by atoms with Crippen molar-refractivity contribution in [1.82, 2.24) is 25.5 Å². The van der Waals surface area contributed by atoms with Crippen molar-refractivity contribution in [2.45, 2.75) is 39.3 Å². The standard InChI is InChI=1S/C20H24N6/c1-13(10-16-11-14(2)25-26-16)22-20-17-8-9-21-12-18(17)23-19(24-20)15-6-4-3-5-7-15/h3-7,11,13,21H,8-10,12H2,1-2H3,(H,25,26)(H,22,23,24). The molecule has 0 saturated heterocycles. The fraction of sp³-hybridized carbons (Fsp3) is 0.350. The molecule has 0 aliphatic carbocycles. The first-order chi connectivity index (χ1) is 12.7. The summed E-state index contributed by atoms with van der Waals surface area (Å²) in [7, 11) is 0. The highest BCUT2D eigenvalue weighted by Crippen LogP contribution is 2.25. The number of aryl methyl sites for hydroxylation is 1. The van der Waals surface area contributed by atoms with Crippen molar-refractivity contribution in [2.24, 2.45) is 0 Å². The Balaban J connectivity index is 1.63. The summed E-state index contributed by atoms with van der Waals surface area (Å²) in [6.45, 7) is 5.94. The molecule has 0 radical (unpaired) electrons. The summed E-state index contributed by atoms with van der Waals surface area (Å²) in [6, 6.07) is 12.5. The van der Waals surface area contributed by atoms with Gasteiger partial charge in [-0.25, -0.2) is 9.97 Å². The SMILES string of the molecule is Cc1cc(CC(C)Nc2nc(-c3ccccc3)nc3c2CCNC3)n[nH]1. The zero-order valence-electron chi connectivity index (χ0n) is 15.2. The van der Waals surface area contributed by atoms with Gasteiger partial charge in [-0.1, -0.05) is 30.3 Å². The van der Waals surface area contributed by atoms with Gasteiger partial charge in [-0.05, 0) is 32.9 Å². The van der Waals surface area contributed by atoms with Crippen LogP contribution in [0.3, 0.4) is 0 Å². The molecule has 0 spiro atoms. The van der Waals surface area contributed by atoms with E-state index in [0.717, 1.165) is 60.2 Å². The van der Waals surface area contributed by atoms with Gasteiger partial charge in [0.05, 0.1) is 11.4 Å². The van der Waals surface area contributed by atoms with Gasteiger partial charge in [-0.2, -0.15) is 5.10 Å². The molecule has 6 nitrogen and oxygen atoms in total. The summed E-state index contributed by atoms with van der Waals surface area (Å²) >= 11 is 0. The molecule has 1 atom stereocenters. The van der Waals surface area contributed by atoms with E-state index in [1.54, 1.807) is 0 Å². The monoisotopic (exact) mass is 348 g/mol. The Bertz CT molecular complexity index is 887. The number of aromatic nitrogens is 4. The van der Waals surface area contributed by atoms with Crippen LogP contribution in [-0.2, 0) is 19.4 Å². The van der Waals surface area contributed by atoms with Gasteiger partial charge < -0.3 is 10.6 Å². The fourth-order valence-corrected chi connectivity index (χ4v) is 3.37. The lowest BCUT2D eigenvalue weighted by Crippen LogP contribution is -2.28. The molecule has 1 aromatic carbocycles. The van der Waals surface area contributed by atoms with E-state index in [-0.39, 0.29) is 6.04 Å². The lowest BCUT2D eigenvalue weighted by Gasteiger charge is -2.23. The highest BCUT2D eigenvalue weighted by Gasteiger charge is 2.19. The molecule has 3 aromatic rings. The summed E-state index contributed by atoms with van der Waals surface area (Å²) in [4.78, 5) is 9.67. The Morgan fingerprint density at radius 1 is 1.19 bits per heavy atom. The molecule has 134 valence electrons. The molecule has 1 aliphatic heterocycles. The number of nitrogens with one attached hydrogen (secondary N) is 3. The first-order valence-electron chi connectivity index (χ1n) is 9.12. The van der Waals surface area contributed by atoms with Crippen molar-refractivity contribution in [2.75, 3.05) is 11.9 Å². The van der Waals surface area contributed by atoms with E-state index in [2.05, 4.69) is 46.0 Å². The number of benzene rings is 1. The number of aromatic amines is 1. The Morgan fingerprint density at radius 2 is 2.04 bits per heavy atom. The van der Waals surface area contributed by atoms with E-state index < -0.39 is 0 Å². The average Bonchev–Trinajstić information content (AvgIpc) is 3.07. The molecule has 3 N–H and O–H groups in total. The number of hydrogen-bond donors (Lipinski definition) is 3. The van der Waals surface area contributed by atoms with Crippen molar-refractivity contribution in [1.29, 1.82) is 0 Å². The van der Waals surface area contributed by atoms with Gasteiger partial charge in [0.15, 0.2) is 5.82 Å². The smallest absolute Gasteiger partial charge is 0.161 e. The first kappa shape index (κ1) is 16.7. The van der Waals surface area contributed by atoms with Crippen LogP contribution in [0.5, 0.6) is 0 Å². The third-order valence-electron chi connectivity index (χ3n) is 4.63. The minimum Gasteiger partial charge on any atom is -0.367 e. The Kier molecular flexibility index (Phi) is 4.67. The molecule has 2 aromatic heterocycles. The van der Waals surface area contributed by atoms with E-state index in [1.165, 1.54) is 5.56 Å². The van der Waals surface area contributed by atoms with E-state index in [0.29, 0.717) is 0 Å². The zero-order chi connectivity index (χ0) is 17.9. The maximum Gasteiger partial charge on any atom is 0.161 e. The molecule has 1 aliphatic rings. The number of H-pyrrole nitrogens is 1. The highest BCUT2D eigenvalue weighted by molar-refractivity contribution is 5.60. The molecule has 0 saturated carbocycles. The minimum atomic E-state index is 0.232. The van der Waals surface area contributed by atoms with Crippen LogP contribution in [0.2, 0.25) is 0 Å². The fourth-order valence-electron chi connectivity index (χ4n) is 3.37. The summed E-state index contributed by atoms with van der Waals surface area (Å²) in [5.74, 6) is 1.73. The second-order valence-corrected chi connectivity index (χ2v) is 6.91. The molecular weight excluding hydrogens is 324 g/mol. The third-order valence-corrected chi connectivity index (χ3v) is 4.63. The summed E-state index contributed by atoms with van der Waals surface area (Å²) in [6.07, 6.45) is 1.79. The van der Waals surface area contributed by atoms with Crippen LogP contribution in [0.25, 0.3) is 11.4 Å². The van der Waals surface area contributed by atoms with E-state index >= 15 is 0 Å². The molecule has 3 heterocycles. The van der Waals surface area contributed by atoms with Crippen LogP contribution in [0.4, 0.5) is 5.82 Å². The molecule has 1 unspecified atom stereocenters. The molecule has 4 rings (SSSR count). The van der Waals surface area contributed by atoms with Gasteiger partial charge >= 0.3 is 0 Å². The second kappa shape index (κ2) is 7.25. The predicted octanol–water partition coefficient (Wildman–Crippen LogP) is 2.86. The first-order valence-corrected chi connectivity index (χ1v) is 9.12. The number of hydrogen-bond acceptors (Lipinski definition) is 5. The zero-order valence-corrected chi connectivity index (χ0v) is 15.2. The quantitative estimate of drug-likeness (QED) is 0.661. The Hall–Kier alpha value is -2.73. The van der Waals surface area contributed by atoms with Crippen LogP contribution in [-0.4, -0.2) is 32.8 Å². The van der Waals surface area contributed by atoms with Crippen LogP contribution in [0.15, 0.2) is 36.4 Å². The van der Waals surface area contributed by atoms with Gasteiger partial charge in [0, 0.05) is 35.8 Å². The lowest BCUT2D eigenvalue weighted by molar-refractivity contribution is 0.623. The topological polar surface area (TPSA) is 78.5 Å². The molecule has 0 bridgehead atoms. The number of anilines is 1. The minimum absolute atomic E-state index is 0.232. The van der Waals surface area contributed by atoms with E-state index in [9.17, 15) is 0 Å². The number of rotatable bonds is 5. The van der Waals surface area contributed by atoms with Crippen molar-refractivity contribution < 1.29 is 0 Å². The Labute approximate surface area is 153 Å².